The Morgan fingerprint density at radius 1 is 1.06 bits per heavy atom. The zero-order valence-electron chi connectivity index (χ0n) is 20.4. The molecule has 0 radical (unpaired) electrons. The van der Waals surface area contributed by atoms with Crippen LogP contribution in [0.15, 0.2) is 42.5 Å². The third kappa shape index (κ3) is 8.30. The minimum atomic E-state index is -3.86. The number of hydrogen-bond donors (Lipinski definition) is 1. The minimum Gasteiger partial charge on any atom is -0.495 e. The van der Waals surface area contributed by atoms with Gasteiger partial charge in [-0.25, -0.2) is 8.42 Å². The summed E-state index contributed by atoms with van der Waals surface area (Å²) in [5.41, 5.74) is 0.944. The topological polar surface area (TPSA) is 96.0 Å². The van der Waals surface area contributed by atoms with Crippen LogP contribution >= 0.6 is 23.2 Å². The van der Waals surface area contributed by atoms with Gasteiger partial charge in [0, 0.05) is 18.1 Å². The second-order valence-electron chi connectivity index (χ2n) is 8.55. The van der Waals surface area contributed by atoms with Gasteiger partial charge in [-0.2, -0.15) is 0 Å². The number of methoxy groups -OCH3 is 1. The minimum absolute atomic E-state index is 0.0905. The van der Waals surface area contributed by atoms with E-state index in [1.54, 1.807) is 31.2 Å². The first kappa shape index (κ1) is 28.7. The molecule has 2 rings (SSSR count). The Labute approximate surface area is 217 Å². The van der Waals surface area contributed by atoms with E-state index in [9.17, 15) is 18.0 Å². The average Bonchev–Trinajstić information content (AvgIpc) is 2.79. The molecule has 0 saturated heterocycles. The third-order valence-corrected chi connectivity index (χ3v) is 6.91. The number of rotatable bonds is 11. The molecule has 0 spiro atoms. The highest BCUT2D eigenvalue weighted by atomic mass is 35.5. The Morgan fingerprint density at radius 3 is 2.20 bits per heavy atom. The second-order valence-corrected chi connectivity index (χ2v) is 11.3. The van der Waals surface area contributed by atoms with E-state index in [2.05, 4.69) is 5.32 Å². The van der Waals surface area contributed by atoms with Crippen LogP contribution in [0.3, 0.4) is 0 Å². The molecule has 0 aromatic heterocycles. The van der Waals surface area contributed by atoms with Gasteiger partial charge >= 0.3 is 0 Å². The van der Waals surface area contributed by atoms with Crippen molar-refractivity contribution in [2.75, 3.05) is 30.8 Å². The summed E-state index contributed by atoms with van der Waals surface area (Å²) in [6.07, 6.45) is 1.00. The molecule has 2 aromatic carbocycles. The summed E-state index contributed by atoms with van der Waals surface area (Å²) in [4.78, 5) is 27.7. The van der Waals surface area contributed by atoms with Crippen LogP contribution in [-0.4, -0.2) is 57.6 Å². The quantitative estimate of drug-likeness (QED) is 0.462. The van der Waals surface area contributed by atoms with Crippen molar-refractivity contribution in [1.82, 2.24) is 10.2 Å². The van der Waals surface area contributed by atoms with Crippen molar-refractivity contribution in [3.05, 3.63) is 58.1 Å². The maximum Gasteiger partial charge on any atom is 0.244 e. The van der Waals surface area contributed by atoms with E-state index < -0.39 is 28.5 Å². The van der Waals surface area contributed by atoms with Crippen LogP contribution in [0.1, 0.15) is 26.3 Å². The molecule has 192 valence electrons. The Kier molecular flexibility index (Phi) is 10.2. The van der Waals surface area contributed by atoms with Gasteiger partial charge in [0.05, 0.1) is 24.1 Å². The van der Waals surface area contributed by atoms with Crippen LogP contribution in [0.4, 0.5) is 5.69 Å². The summed E-state index contributed by atoms with van der Waals surface area (Å²) >= 11 is 12.2. The van der Waals surface area contributed by atoms with Gasteiger partial charge < -0.3 is 15.0 Å². The van der Waals surface area contributed by atoms with Crippen LogP contribution in [0, 0.1) is 5.92 Å². The number of sulfonamides is 1. The summed E-state index contributed by atoms with van der Waals surface area (Å²) in [7, 11) is -2.42. The fourth-order valence-corrected chi connectivity index (χ4v) is 4.47. The number of carbonyl (C=O) groups excluding carboxylic acids is 2. The van der Waals surface area contributed by atoms with Crippen molar-refractivity contribution in [1.29, 1.82) is 0 Å². The molecule has 1 unspecified atom stereocenters. The smallest absolute Gasteiger partial charge is 0.244 e. The van der Waals surface area contributed by atoms with Gasteiger partial charge in [0.25, 0.3) is 0 Å². The standard InChI is InChI=1S/C24H31Cl2N3O5S/c1-16(2)13-27-24(31)17(3)28(14-18-6-8-19(25)9-7-18)23(30)15-29(35(5,32)33)20-10-11-22(34-4)21(26)12-20/h6-12,16-17H,13-15H2,1-5H3,(H,27,31). The highest BCUT2D eigenvalue weighted by Gasteiger charge is 2.30. The molecule has 11 heteroatoms. The van der Waals surface area contributed by atoms with Crippen molar-refractivity contribution in [3.63, 3.8) is 0 Å². The number of anilines is 1. The van der Waals surface area contributed by atoms with Crippen molar-refractivity contribution < 1.29 is 22.7 Å². The first-order valence-electron chi connectivity index (χ1n) is 11.0. The van der Waals surface area contributed by atoms with Crippen molar-refractivity contribution in [2.45, 2.75) is 33.4 Å². The molecule has 0 aliphatic rings. The maximum absolute atomic E-state index is 13.5. The lowest BCUT2D eigenvalue weighted by molar-refractivity contribution is -0.139. The molecule has 0 fully saturated rings. The van der Waals surface area contributed by atoms with Gasteiger partial charge in [0.15, 0.2) is 0 Å². The van der Waals surface area contributed by atoms with Crippen molar-refractivity contribution in [3.8, 4) is 5.75 Å². The molecule has 0 aliphatic carbocycles. The SMILES string of the molecule is COc1ccc(N(CC(=O)N(Cc2ccc(Cl)cc2)C(C)C(=O)NCC(C)C)S(C)(=O)=O)cc1Cl. The molecule has 0 saturated carbocycles. The predicted molar refractivity (Wildman–Crippen MR) is 140 cm³/mol. The van der Waals surface area contributed by atoms with E-state index in [1.807, 2.05) is 13.8 Å². The normalized spacial score (nSPS) is 12.2. The largest absolute Gasteiger partial charge is 0.495 e. The van der Waals surface area contributed by atoms with Crippen LogP contribution < -0.4 is 14.4 Å². The van der Waals surface area contributed by atoms with Crippen LogP contribution in [-0.2, 0) is 26.2 Å². The van der Waals surface area contributed by atoms with E-state index in [0.717, 1.165) is 16.1 Å². The first-order chi connectivity index (χ1) is 16.3. The lowest BCUT2D eigenvalue weighted by Gasteiger charge is -2.31. The van der Waals surface area contributed by atoms with Gasteiger partial charge in [0.1, 0.15) is 18.3 Å². The molecule has 8 nitrogen and oxygen atoms in total. The fourth-order valence-electron chi connectivity index (χ4n) is 3.25. The predicted octanol–water partition coefficient (Wildman–Crippen LogP) is 3.96. The Hall–Kier alpha value is -2.49. The molecule has 0 aliphatic heterocycles. The molecule has 35 heavy (non-hydrogen) atoms. The van der Waals surface area contributed by atoms with E-state index in [1.165, 1.54) is 30.2 Å². The zero-order valence-corrected chi connectivity index (χ0v) is 22.7. The highest BCUT2D eigenvalue weighted by Crippen LogP contribution is 2.30. The number of carbonyl (C=O) groups is 2. The van der Waals surface area contributed by atoms with Crippen LogP contribution in [0.5, 0.6) is 5.75 Å². The summed E-state index contributed by atoms with van der Waals surface area (Å²) in [5, 5.41) is 3.57. The highest BCUT2D eigenvalue weighted by molar-refractivity contribution is 7.92. The van der Waals surface area contributed by atoms with Gasteiger partial charge in [-0.1, -0.05) is 49.2 Å². The third-order valence-electron chi connectivity index (χ3n) is 5.22. The van der Waals surface area contributed by atoms with Crippen molar-refractivity contribution >= 4 is 50.7 Å². The number of benzene rings is 2. The average molecular weight is 545 g/mol. The van der Waals surface area contributed by atoms with E-state index >= 15 is 0 Å². The zero-order chi connectivity index (χ0) is 26.3. The lowest BCUT2D eigenvalue weighted by Crippen LogP contribution is -2.51. The summed E-state index contributed by atoms with van der Waals surface area (Å²) in [6.45, 7) is 5.56. The van der Waals surface area contributed by atoms with Crippen LogP contribution in [0.25, 0.3) is 0 Å². The summed E-state index contributed by atoms with van der Waals surface area (Å²) < 4.78 is 31.3. The summed E-state index contributed by atoms with van der Waals surface area (Å²) in [5.74, 6) is -0.286. The Bertz CT molecular complexity index is 1140. The molecule has 2 amide bonds. The van der Waals surface area contributed by atoms with E-state index in [-0.39, 0.29) is 29.1 Å². The number of ether oxygens (including phenoxy) is 1. The molecule has 0 heterocycles. The van der Waals surface area contributed by atoms with Gasteiger partial charge in [-0.15, -0.1) is 0 Å². The number of halogens is 2. The monoisotopic (exact) mass is 543 g/mol. The molecule has 0 bridgehead atoms. The molecule has 2 aromatic rings. The van der Waals surface area contributed by atoms with E-state index in [0.29, 0.717) is 17.3 Å². The Balaban J connectivity index is 2.38. The van der Waals surface area contributed by atoms with Crippen molar-refractivity contribution in [2.24, 2.45) is 5.92 Å². The molecular formula is C24H31Cl2N3O5S. The second kappa shape index (κ2) is 12.5. The fraction of sp³-hybridized carbons (Fsp3) is 0.417. The van der Waals surface area contributed by atoms with Gasteiger partial charge in [0.2, 0.25) is 21.8 Å². The molecule has 1 atom stereocenters. The molecule has 1 N–H and O–H groups in total. The number of nitrogens with zero attached hydrogens (tertiary/aromatic N) is 2. The van der Waals surface area contributed by atoms with E-state index in [4.69, 9.17) is 27.9 Å². The summed E-state index contributed by atoms with van der Waals surface area (Å²) in [6, 6.07) is 10.5. The number of hydrogen-bond acceptors (Lipinski definition) is 5. The molecular weight excluding hydrogens is 513 g/mol. The number of nitrogens with one attached hydrogen (secondary N) is 1. The Morgan fingerprint density at radius 2 is 1.69 bits per heavy atom. The lowest BCUT2D eigenvalue weighted by atomic mass is 10.1. The van der Waals surface area contributed by atoms with Gasteiger partial charge in [-0.05, 0) is 48.7 Å². The van der Waals surface area contributed by atoms with Crippen LogP contribution in [0.2, 0.25) is 10.0 Å². The maximum atomic E-state index is 13.5. The van der Waals surface area contributed by atoms with Gasteiger partial charge in [-0.3, -0.25) is 13.9 Å². The first-order valence-corrected chi connectivity index (χ1v) is 13.6. The number of amides is 2.